The van der Waals surface area contributed by atoms with Crippen molar-refractivity contribution in [3.63, 3.8) is 0 Å². The average Bonchev–Trinajstić information content (AvgIpc) is 2.15. The van der Waals surface area contributed by atoms with Gasteiger partial charge in [0.05, 0.1) is 12.4 Å². The van der Waals surface area contributed by atoms with Gasteiger partial charge in [-0.3, -0.25) is 0 Å². The van der Waals surface area contributed by atoms with Crippen molar-refractivity contribution in [3.8, 4) is 0 Å². The number of amides is 1. The summed E-state index contributed by atoms with van der Waals surface area (Å²) in [5.41, 5.74) is 4.72. The number of carbonyl (C=O) groups is 1. The predicted molar refractivity (Wildman–Crippen MR) is 85.6 cm³/mol. The number of allylic oxidation sites excluding steroid dienone is 2. The summed E-state index contributed by atoms with van der Waals surface area (Å²) in [6.45, 7) is -0.645. The zero-order valence-corrected chi connectivity index (χ0v) is 14.3. The van der Waals surface area contributed by atoms with Crippen LogP contribution < -0.4 is 5.73 Å². The summed E-state index contributed by atoms with van der Waals surface area (Å²) in [6.07, 6.45) is 3.12. The van der Waals surface area contributed by atoms with Gasteiger partial charge in [0.15, 0.2) is 0 Å². The van der Waals surface area contributed by atoms with Crippen LogP contribution in [0.5, 0.6) is 0 Å². The monoisotopic (exact) mass is 483 g/mol. The Hall–Kier alpha value is 0.190. The van der Waals surface area contributed by atoms with Crippen molar-refractivity contribution in [2.45, 2.75) is 6.92 Å². The van der Waals surface area contributed by atoms with E-state index in [1.807, 2.05) is 12.2 Å². The van der Waals surface area contributed by atoms with Crippen molar-refractivity contribution < 1.29 is 19.5 Å². The Kier molecular flexibility index (Phi) is 6.23. The molecule has 1 aliphatic heterocycles. The first-order valence-corrected chi connectivity index (χ1v) is 11.3. The number of hydrogen-bond donors (Lipinski definition) is 1. The summed E-state index contributed by atoms with van der Waals surface area (Å²) in [5.74, 6) is 0.309. The third-order valence-corrected chi connectivity index (χ3v) is 6.96. The van der Waals surface area contributed by atoms with Gasteiger partial charge in [-0.05, 0) is 10.9 Å². The number of carbonyl (C=O) groups excluding carboxylic acids is 1. The molecule has 8 heteroatoms. The first-order chi connectivity index (χ1) is 7.93. The fourth-order valence-electron chi connectivity index (χ4n) is 1.01. The number of halogens is 2. The van der Waals surface area contributed by atoms with E-state index in [2.05, 4.69) is 18.8 Å². The largest absolute Gasteiger partial charge is 0.448 e. The topological polar surface area (TPSA) is 83.4 Å². The molecule has 0 saturated heterocycles. The molecule has 0 aromatic carbocycles. The zero-order chi connectivity index (χ0) is 12.9. The Balaban J connectivity index is 2.81. The van der Waals surface area contributed by atoms with E-state index in [1.54, 1.807) is 28.1 Å². The molecule has 0 bridgehead atoms. The minimum absolute atomic E-state index is 0.240. The second-order valence-electron chi connectivity index (χ2n) is 3.07. The van der Waals surface area contributed by atoms with Gasteiger partial charge in [-0.1, -0.05) is 20.7 Å². The Morgan fingerprint density at radius 3 is 3.00 bits per heavy atom. The highest BCUT2D eigenvalue weighted by Crippen LogP contribution is 2.24. The second-order valence-corrected chi connectivity index (χ2v) is 11.5. The highest BCUT2D eigenvalue weighted by molar-refractivity contribution is 14.2. The molecule has 0 saturated carbocycles. The number of rotatable bonds is 3. The highest BCUT2D eigenvalue weighted by atomic mass is 127. The van der Waals surface area contributed by atoms with Gasteiger partial charge in [0.2, 0.25) is 0 Å². The van der Waals surface area contributed by atoms with Crippen LogP contribution in [-0.2, 0) is 11.6 Å². The molecule has 1 unspecified atom stereocenters. The van der Waals surface area contributed by atoms with E-state index in [0.29, 0.717) is 5.75 Å². The summed E-state index contributed by atoms with van der Waals surface area (Å²) in [7, 11) is 0. The van der Waals surface area contributed by atoms with Crippen LogP contribution in [0.3, 0.4) is 0 Å². The van der Waals surface area contributed by atoms with Crippen LogP contribution in [0.25, 0.3) is 0 Å². The lowest BCUT2D eigenvalue weighted by atomic mass is 10.4. The molecule has 0 fully saturated rings. The zero-order valence-electron chi connectivity index (χ0n) is 9.19. The van der Waals surface area contributed by atoms with Crippen molar-refractivity contribution in [3.05, 3.63) is 21.4 Å². The molecule has 0 spiro atoms. The molecule has 17 heavy (non-hydrogen) atoms. The lowest BCUT2D eigenvalue weighted by molar-refractivity contribution is -0.294. The van der Waals surface area contributed by atoms with Crippen LogP contribution in [0, 0.1) is 0 Å². The third-order valence-electron chi connectivity index (χ3n) is 1.62. The van der Waals surface area contributed by atoms with Crippen LogP contribution in [0.15, 0.2) is 25.8 Å². The average molecular weight is 483 g/mol. The fraction of sp³-hybridized carbons (Fsp3) is 0.333. The van der Waals surface area contributed by atoms with E-state index in [4.69, 9.17) is 0 Å². The van der Waals surface area contributed by atoms with Crippen molar-refractivity contribution in [2.75, 3.05) is 12.4 Å². The normalized spacial score (nSPS) is 18.3. The molecule has 3 N–H and O–H groups in total. The van der Waals surface area contributed by atoms with Crippen molar-refractivity contribution >= 4 is 58.9 Å². The van der Waals surface area contributed by atoms with E-state index < -0.39 is 13.0 Å². The fourth-order valence-corrected chi connectivity index (χ4v) is 8.60. The maximum absolute atomic E-state index is 12.1. The van der Waals surface area contributed by atoms with Gasteiger partial charge >= 0.3 is 6.09 Å². The Bertz CT molecular complexity index is 516. The van der Waals surface area contributed by atoms with Gasteiger partial charge < -0.3 is 10.5 Å². The van der Waals surface area contributed by atoms with Crippen molar-refractivity contribution in [1.82, 2.24) is 0 Å². The molecular formula is C9H13I2N2O3S+. The van der Waals surface area contributed by atoms with E-state index in [1.165, 1.54) is 0 Å². The van der Waals surface area contributed by atoms with E-state index in [9.17, 15) is 9.00 Å². The molecule has 0 aliphatic carbocycles. The minimum Gasteiger partial charge on any atom is -0.448 e. The van der Waals surface area contributed by atoms with Gasteiger partial charge in [-0.15, -0.1) is 4.36 Å². The predicted octanol–water partition coefficient (Wildman–Crippen LogP) is 1.76. The second kappa shape index (κ2) is 6.95. The lowest BCUT2D eigenvalue weighted by Gasteiger charge is -2.04. The lowest BCUT2D eigenvalue weighted by Crippen LogP contribution is -2.46. The molecule has 0 aromatic rings. The quantitative estimate of drug-likeness (QED) is 0.491. The molecule has 96 valence electrons. The summed E-state index contributed by atoms with van der Waals surface area (Å²) >= 11 is 1.47. The van der Waals surface area contributed by atoms with Gasteiger partial charge in [0.25, 0.3) is 0 Å². The standard InChI is InChI=1S/C9H12I2N2O3S/c1-2-16-9(14)13-17(10,15)6-7-5-8(12)3-4-11-7/h3-5H,2,6,12H2,1H3/p+1. The number of ether oxygens (including phenoxy) is 1. The molecule has 5 nitrogen and oxygen atoms in total. The molecule has 0 aromatic heterocycles. The molecular weight excluding hydrogens is 470 g/mol. The molecule has 0 radical (unpaired) electrons. The number of quaternary nitrogens is 1. The summed E-state index contributed by atoms with van der Waals surface area (Å²) in [6, 6.07) is 0. The molecule has 1 atom stereocenters. The van der Waals surface area contributed by atoms with Gasteiger partial charge in [0.1, 0.15) is 12.6 Å². The summed E-state index contributed by atoms with van der Waals surface area (Å²) in [4.78, 5) is 11.1. The van der Waals surface area contributed by atoms with E-state index >= 15 is 0 Å². The van der Waals surface area contributed by atoms with Crippen LogP contribution in [0.4, 0.5) is 4.79 Å². The Morgan fingerprint density at radius 1 is 1.71 bits per heavy atom. The Morgan fingerprint density at radius 2 is 2.41 bits per heavy atom. The molecule has 1 amide bonds. The molecule has 1 rings (SSSR count). The maximum atomic E-state index is 12.1. The van der Waals surface area contributed by atoms with Crippen LogP contribution in [0.2, 0.25) is 0 Å². The van der Waals surface area contributed by atoms with E-state index in [-0.39, 0.29) is 27.3 Å². The molecule has 1 heterocycles. The van der Waals surface area contributed by atoms with Crippen molar-refractivity contribution in [2.24, 2.45) is 4.36 Å². The Labute approximate surface area is 122 Å². The third kappa shape index (κ3) is 6.06. The minimum atomic E-state index is -2.57. The first-order valence-electron chi connectivity index (χ1n) is 4.73. The highest BCUT2D eigenvalue weighted by Gasteiger charge is 2.12. The summed E-state index contributed by atoms with van der Waals surface area (Å²) < 4.78 is 23.5. The van der Waals surface area contributed by atoms with Crippen LogP contribution in [-0.4, -0.2) is 26.7 Å². The van der Waals surface area contributed by atoms with E-state index in [0.717, 1.165) is 9.28 Å². The van der Waals surface area contributed by atoms with Crippen LogP contribution in [0.1, 0.15) is 6.92 Å². The van der Waals surface area contributed by atoms with Gasteiger partial charge in [-0.2, -0.15) is 0 Å². The SMILES string of the molecule is CCOC(=O)N=S(=O)(I)CC1=CC([NH3+])=CC=I1. The van der Waals surface area contributed by atoms with Gasteiger partial charge in [0, 0.05) is 36.9 Å². The van der Waals surface area contributed by atoms with Crippen LogP contribution >= 0.6 is 41.9 Å². The smallest absolute Gasteiger partial charge is 0.442 e. The molecule has 1 aliphatic rings. The summed E-state index contributed by atoms with van der Waals surface area (Å²) in [5, 5.41) is 0. The first kappa shape index (κ1) is 15.2. The number of nitrogens with zero attached hydrogens (tertiary/aromatic N) is 1. The maximum Gasteiger partial charge on any atom is 0.442 e. The van der Waals surface area contributed by atoms with Gasteiger partial charge in [-0.25, -0.2) is 9.00 Å². The van der Waals surface area contributed by atoms with Crippen molar-refractivity contribution in [1.29, 1.82) is 0 Å². The number of hydrogen-bond acceptors (Lipinski definition) is 3.